The largest absolute Gasteiger partial charge is 0.462 e. The Hall–Kier alpha value is -3.67. The predicted octanol–water partition coefficient (Wildman–Crippen LogP) is 21.7. The lowest BCUT2D eigenvalue weighted by atomic mass is 10.0. The fourth-order valence-electron chi connectivity index (χ4n) is 8.83. The van der Waals surface area contributed by atoms with E-state index < -0.39 is 6.10 Å². The van der Waals surface area contributed by atoms with Crippen LogP contribution in [0.15, 0.2) is 97.2 Å². The molecule has 6 nitrogen and oxygen atoms in total. The second kappa shape index (κ2) is 62.9. The van der Waals surface area contributed by atoms with Gasteiger partial charge in [-0.3, -0.25) is 14.4 Å². The Morgan fingerprint density at radius 2 is 0.520 bits per heavy atom. The molecule has 6 heteroatoms. The summed E-state index contributed by atoms with van der Waals surface area (Å²) >= 11 is 0. The van der Waals surface area contributed by atoms with Gasteiger partial charge in [0, 0.05) is 19.3 Å². The lowest BCUT2D eigenvalue weighted by Crippen LogP contribution is -2.30. The number of esters is 3. The quantitative estimate of drug-likeness (QED) is 0.0261. The average Bonchev–Trinajstić information content (AvgIpc) is 3.41. The molecule has 0 heterocycles. The Morgan fingerprint density at radius 3 is 0.827 bits per heavy atom. The third-order valence-electron chi connectivity index (χ3n) is 13.6. The van der Waals surface area contributed by atoms with Gasteiger partial charge in [-0.05, 0) is 103 Å². The summed E-state index contributed by atoms with van der Waals surface area (Å²) in [7, 11) is 0. The van der Waals surface area contributed by atoms with Crippen LogP contribution in [0, 0.1) is 0 Å². The lowest BCUT2D eigenvalue weighted by molar-refractivity contribution is -0.167. The molecule has 0 aliphatic rings. The number of carbonyl (C=O) groups excluding carboxylic acids is 3. The molecule has 0 bridgehead atoms. The van der Waals surface area contributed by atoms with Crippen molar-refractivity contribution < 1.29 is 28.6 Å². The first-order chi connectivity index (χ1) is 37.0. The van der Waals surface area contributed by atoms with Crippen LogP contribution in [0.4, 0.5) is 0 Å². The maximum atomic E-state index is 12.9. The molecule has 0 aromatic rings. The second-order valence-electron chi connectivity index (χ2n) is 20.9. The maximum absolute atomic E-state index is 12.9. The first-order valence-electron chi connectivity index (χ1n) is 31.7. The zero-order valence-electron chi connectivity index (χ0n) is 49.3. The summed E-state index contributed by atoms with van der Waals surface area (Å²) in [6.45, 7) is 6.53. The van der Waals surface area contributed by atoms with E-state index in [0.717, 1.165) is 122 Å². The van der Waals surface area contributed by atoms with Gasteiger partial charge < -0.3 is 14.2 Å². The summed E-state index contributed by atoms with van der Waals surface area (Å²) in [5.41, 5.74) is 0. The molecular weight excluding hydrogens is 925 g/mol. The van der Waals surface area contributed by atoms with Crippen LogP contribution >= 0.6 is 0 Å². The lowest BCUT2D eigenvalue weighted by Gasteiger charge is -2.18. The molecule has 1 unspecified atom stereocenters. The highest BCUT2D eigenvalue weighted by molar-refractivity contribution is 5.71. The molecule has 0 aliphatic heterocycles. The maximum Gasteiger partial charge on any atom is 0.306 e. The highest BCUT2D eigenvalue weighted by Gasteiger charge is 2.19. The molecule has 0 aromatic heterocycles. The Morgan fingerprint density at radius 1 is 0.280 bits per heavy atom. The van der Waals surface area contributed by atoms with E-state index in [2.05, 4.69) is 118 Å². The summed E-state index contributed by atoms with van der Waals surface area (Å²) < 4.78 is 16.9. The number of ether oxygens (including phenoxy) is 3. The highest BCUT2D eigenvalue weighted by atomic mass is 16.6. The first-order valence-corrected chi connectivity index (χ1v) is 31.7. The summed E-state index contributed by atoms with van der Waals surface area (Å²) in [4.78, 5) is 38.2. The molecule has 0 fully saturated rings. The fraction of sp³-hybridized carbons (Fsp3) is 0.725. The minimum absolute atomic E-state index is 0.0815. The van der Waals surface area contributed by atoms with Crippen LogP contribution in [-0.2, 0) is 28.6 Å². The molecule has 0 saturated carbocycles. The van der Waals surface area contributed by atoms with E-state index in [-0.39, 0.29) is 31.1 Å². The van der Waals surface area contributed by atoms with E-state index in [1.54, 1.807) is 0 Å². The zero-order chi connectivity index (χ0) is 54.3. The van der Waals surface area contributed by atoms with Crippen LogP contribution in [0.3, 0.4) is 0 Å². The summed E-state index contributed by atoms with van der Waals surface area (Å²) in [5.74, 6) is -0.893. The molecule has 0 spiro atoms. The first kappa shape index (κ1) is 71.3. The topological polar surface area (TPSA) is 78.9 Å². The highest BCUT2D eigenvalue weighted by Crippen LogP contribution is 2.16. The van der Waals surface area contributed by atoms with Gasteiger partial charge in [0.1, 0.15) is 13.2 Å². The van der Waals surface area contributed by atoms with Gasteiger partial charge in [0.2, 0.25) is 0 Å². The monoisotopic (exact) mass is 1040 g/mol. The van der Waals surface area contributed by atoms with Gasteiger partial charge in [0.05, 0.1) is 0 Å². The van der Waals surface area contributed by atoms with Crippen LogP contribution in [0.2, 0.25) is 0 Å². The van der Waals surface area contributed by atoms with Crippen molar-refractivity contribution in [3.05, 3.63) is 97.2 Å². The van der Waals surface area contributed by atoms with Gasteiger partial charge in [-0.2, -0.15) is 0 Å². The van der Waals surface area contributed by atoms with Crippen molar-refractivity contribution >= 4 is 17.9 Å². The Bertz CT molecular complexity index is 1480. The zero-order valence-corrected chi connectivity index (χ0v) is 49.3. The number of allylic oxidation sites excluding steroid dienone is 16. The molecule has 0 rings (SSSR count). The van der Waals surface area contributed by atoms with Crippen LogP contribution < -0.4 is 0 Å². The number of unbranched alkanes of at least 4 members (excludes halogenated alkanes) is 30. The summed E-state index contributed by atoms with van der Waals surface area (Å²) in [6, 6.07) is 0. The molecule has 0 N–H and O–H groups in total. The van der Waals surface area contributed by atoms with Crippen LogP contribution in [-0.4, -0.2) is 37.2 Å². The molecule has 75 heavy (non-hydrogen) atoms. The second-order valence-corrected chi connectivity index (χ2v) is 20.9. The number of hydrogen-bond donors (Lipinski definition) is 0. The minimum Gasteiger partial charge on any atom is -0.462 e. The number of rotatable bonds is 57. The van der Waals surface area contributed by atoms with Gasteiger partial charge in [-0.1, -0.05) is 279 Å². The Balaban J connectivity index is 4.30. The predicted molar refractivity (Wildman–Crippen MR) is 325 cm³/mol. The van der Waals surface area contributed by atoms with Gasteiger partial charge in [0.25, 0.3) is 0 Å². The average molecular weight is 1040 g/mol. The van der Waals surface area contributed by atoms with Crippen LogP contribution in [0.1, 0.15) is 303 Å². The summed E-state index contributed by atoms with van der Waals surface area (Å²) in [6.07, 6.45) is 84.1. The minimum atomic E-state index is -0.785. The van der Waals surface area contributed by atoms with Crippen molar-refractivity contribution in [2.24, 2.45) is 0 Å². The van der Waals surface area contributed by atoms with E-state index in [1.807, 2.05) is 0 Å². The molecule has 0 aliphatic carbocycles. The molecule has 0 saturated heterocycles. The van der Waals surface area contributed by atoms with E-state index in [4.69, 9.17) is 14.2 Å². The van der Waals surface area contributed by atoms with Crippen molar-refractivity contribution in [3.63, 3.8) is 0 Å². The van der Waals surface area contributed by atoms with Crippen molar-refractivity contribution in [3.8, 4) is 0 Å². The van der Waals surface area contributed by atoms with Crippen molar-refractivity contribution in [1.29, 1.82) is 0 Å². The molecule has 1 atom stereocenters. The molecular formula is C69H118O6. The molecule has 430 valence electrons. The third-order valence-corrected chi connectivity index (χ3v) is 13.6. The normalized spacial score (nSPS) is 12.7. The van der Waals surface area contributed by atoms with E-state index in [0.29, 0.717) is 19.3 Å². The Labute approximate surface area is 464 Å². The molecule has 0 aromatic carbocycles. The van der Waals surface area contributed by atoms with Crippen molar-refractivity contribution in [1.82, 2.24) is 0 Å². The SMILES string of the molecule is CC/C=C\C/C=C\C/C=C\C/C=C\C/C=C\C/C=C\C/C=C\CCCCCCCCCC(=O)OCC(COC(=O)CCCCCCCCCCCCCC)OC(=O)CCCCCCC/C=C\CCCCCCCCC. The standard InChI is InChI=1S/C69H118O6/c1-4-7-10-13-16-19-22-25-27-29-30-31-32-33-34-35-36-37-38-39-40-41-43-44-47-50-53-56-59-62-68(71)74-65-66(64-73-67(70)61-58-55-52-49-46-24-21-18-15-12-9-6-3)75-69(72)63-60-57-54-51-48-45-42-28-26-23-20-17-14-11-8-5-2/h7,10,16,19,25,27-28,30-31,33-34,36-37,39-40,42,66H,4-6,8-9,11-15,17-18,20-24,26,29,32,35,38,41,43-65H2,1-3H3/b10-7-,19-16-,27-25-,31-30-,34-33-,37-36-,40-39-,42-28-. The van der Waals surface area contributed by atoms with Gasteiger partial charge in [-0.25, -0.2) is 0 Å². The van der Waals surface area contributed by atoms with E-state index in [9.17, 15) is 14.4 Å². The van der Waals surface area contributed by atoms with Crippen LogP contribution in [0.25, 0.3) is 0 Å². The van der Waals surface area contributed by atoms with Crippen molar-refractivity contribution in [2.45, 2.75) is 309 Å². The fourth-order valence-corrected chi connectivity index (χ4v) is 8.83. The Kier molecular flexibility index (Phi) is 59.8. The number of carbonyl (C=O) groups is 3. The van der Waals surface area contributed by atoms with E-state index >= 15 is 0 Å². The van der Waals surface area contributed by atoms with Crippen molar-refractivity contribution in [2.75, 3.05) is 13.2 Å². The molecule has 0 amide bonds. The van der Waals surface area contributed by atoms with Gasteiger partial charge in [-0.15, -0.1) is 0 Å². The van der Waals surface area contributed by atoms with E-state index in [1.165, 1.54) is 141 Å². The third kappa shape index (κ3) is 61.1. The number of hydrogen-bond acceptors (Lipinski definition) is 6. The smallest absolute Gasteiger partial charge is 0.306 e. The van der Waals surface area contributed by atoms with Gasteiger partial charge >= 0.3 is 17.9 Å². The molecule has 0 radical (unpaired) electrons. The van der Waals surface area contributed by atoms with Gasteiger partial charge in [0.15, 0.2) is 6.10 Å². The summed E-state index contributed by atoms with van der Waals surface area (Å²) in [5, 5.41) is 0. The van der Waals surface area contributed by atoms with Crippen LogP contribution in [0.5, 0.6) is 0 Å².